The number of aliphatic imine (C=N–C) groups is 1. The lowest BCUT2D eigenvalue weighted by Crippen LogP contribution is -2.03. The van der Waals surface area contributed by atoms with Gasteiger partial charge >= 0.3 is 0 Å². The molecule has 0 bridgehead atoms. The van der Waals surface area contributed by atoms with Crippen LogP contribution in [0.15, 0.2) is 71.7 Å². The lowest BCUT2D eigenvalue weighted by atomic mass is 9.97. The summed E-state index contributed by atoms with van der Waals surface area (Å²) in [5.41, 5.74) is 1.97. The molecule has 0 atom stereocenters. The number of phenols is 2. The minimum Gasteiger partial charge on any atom is -0.508 e. The Hall–Kier alpha value is -3.64. The number of phenolic OH excluding ortho intramolecular Hbond substituents is 2. The summed E-state index contributed by atoms with van der Waals surface area (Å²) in [6, 6.07) is 18.9. The first-order chi connectivity index (χ1) is 17.1. The SMILES string of the molecule is CCCCCCN=CCOc1ccc(C(=O)c2c(-c3ccc(O)cc3)sc3cc(O)ccc23)cc1. The fourth-order valence-corrected chi connectivity index (χ4v) is 5.12. The van der Waals surface area contributed by atoms with Gasteiger partial charge in [0.05, 0.1) is 0 Å². The molecule has 2 N–H and O–H groups in total. The van der Waals surface area contributed by atoms with Crippen molar-refractivity contribution in [3.05, 3.63) is 77.9 Å². The number of rotatable bonds is 11. The number of nitrogens with zero attached hydrogens (tertiary/aromatic N) is 1. The molecular weight excluding hydrogens is 458 g/mol. The quantitative estimate of drug-likeness (QED) is 0.133. The molecule has 0 aliphatic carbocycles. The molecule has 0 amide bonds. The van der Waals surface area contributed by atoms with E-state index in [0.717, 1.165) is 33.5 Å². The van der Waals surface area contributed by atoms with E-state index in [-0.39, 0.29) is 17.3 Å². The molecule has 5 nitrogen and oxygen atoms in total. The molecule has 1 aromatic heterocycles. The van der Waals surface area contributed by atoms with Crippen LogP contribution in [0.25, 0.3) is 20.5 Å². The van der Waals surface area contributed by atoms with Crippen LogP contribution < -0.4 is 4.74 Å². The molecule has 0 aliphatic rings. The number of thiophene rings is 1. The third kappa shape index (κ3) is 6.08. The minimum atomic E-state index is -0.106. The van der Waals surface area contributed by atoms with Gasteiger partial charge in [0.25, 0.3) is 0 Å². The third-order valence-electron chi connectivity index (χ3n) is 5.74. The summed E-state index contributed by atoms with van der Waals surface area (Å²) in [7, 11) is 0. The highest BCUT2D eigenvalue weighted by Crippen LogP contribution is 2.41. The Kier molecular flexibility index (Phi) is 8.16. The second-order valence-corrected chi connectivity index (χ2v) is 9.40. The van der Waals surface area contributed by atoms with Gasteiger partial charge in [0, 0.05) is 38.8 Å². The number of benzene rings is 3. The van der Waals surface area contributed by atoms with Gasteiger partial charge in [-0.05, 0) is 78.7 Å². The number of hydrogen-bond donors (Lipinski definition) is 2. The van der Waals surface area contributed by atoms with Gasteiger partial charge in [-0.3, -0.25) is 9.79 Å². The summed E-state index contributed by atoms with van der Waals surface area (Å²) in [4.78, 5) is 18.8. The standard InChI is InChI=1S/C29H29NO4S/c1-2-3-4-5-16-30-17-18-34-24-13-8-20(9-14-24)28(33)27-25-15-12-23(32)19-26(25)35-29(27)21-6-10-22(31)11-7-21/h6-15,17,19,31-32H,2-5,16,18H2,1H3. The number of fused-ring (bicyclic) bond motifs is 1. The van der Waals surface area contributed by atoms with E-state index >= 15 is 0 Å². The van der Waals surface area contributed by atoms with Crippen molar-refractivity contribution in [2.45, 2.75) is 32.6 Å². The van der Waals surface area contributed by atoms with Gasteiger partial charge in [0.2, 0.25) is 0 Å². The molecule has 0 spiro atoms. The Balaban J connectivity index is 1.51. The largest absolute Gasteiger partial charge is 0.508 e. The summed E-state index contributed by atoms with van der Waals surface area (Å²) >= 11 is 1.44. The number of ether oxygens (including phenoxy) is 1. The molecule has 1 heterocycles. The summed E-state index contributed by atoms with van der Waals surface area (Å²) in [6.07, 6.45) is 6.57. The summed E-state index contributed by atoms with van der Waals surface area (Å²) in [5.74, 6) is 0.890. The number of aromatic hydroxyl groups is 2. The molecule has 4 rings (SSSR count). The summed E-state index contributed by atoms with van der Waals surface area (Å²) in [5, 5.41) is 20.4. The Bertz CT molecular complexity index is 1310. The zero-order valence-electron chi connectivity index (χ0n) is 19.7. The zero-order valence-corrected chi connectivity index (χ0v) is 20.6. The van der Waals surface area contributed by atoms with Gasteiger partial charge in [0.1, 0.15) is 23.9 Å². The third-order valence-corrected chi connectivity index (χ3v) is 6.94. The van der Waals surface area contributed by atoms with E-state index in [1.807, 2.05) is 0 Å². The molecule has 3 aromatic carbocycles. The van der Waals surface area contributed by atoms with Crippen LogP contribution >= 0.6 is 11.3 Å². The van der Waals surface area contributed by atoms with Gasteiger partial charge in [-0.2, -0.15) is 0 Å². The van der Waals surface area contributed by atoms with Crippen LogP contribution in [-0.4, -0.2) is 35.4 Å². The molecule has 0 unspecified atom stereocenters. The van der Waals surface area contributed by atoms with Gasteiger partial charge in [-0.25, -0.2) is 0 Å². The molecule has 35 heavy (non-hydrogen) atoms. The maximum atomic E-state index is 13.6. The van der Waals surface area contributed by atoms with Crippen molar-refractivity contribution in [2.75, 3.05) is 13.2 Å². The van der Waals surface area contributed by atoms with Gasteiger partial charge in [-0.1, -0.05) is 26.2 Å². The van der Waals surface area contributed by atoms with Crippen molar-refractivity contribution in [3.8, 4) is 27.7 Å². The van der Waals surface area contributed by atoms with Crippen LogP contribution in [0.5, 0.6) is 17.2 Å². The topological polar surface area (TPSA) is 79.1 Å². The first kappa shape index (κ1) is 24.5. The predicted octanol–water partition coefficient (Wildman–Crippen LogP) is 7.24. The maximum absolute atomic E-state index is 13.6. The average Bonchev–Trinajstić information content (AvgIpc) is 3.24. The van der Waals surface area contributed by atoms with E-state index in [1.165, 1.54) is 30.6 Å². The van der Waals surface area contributed by atoms with E-state index in [1.54, 1.807) is 72.9 Å². The van der Waals surface area contributed by atoms with Crippen LogP contribution in [0.1, 0.15) is 48.5 Å². The molecule has 0 saturated heterocycles. The number of carbonyl (C=O) groups excluding carboxylic acids is 1. The monoisotopic (exact) mass is 487 g/mol. The van der Waals surface area contributed by atoms with Crippen LogP contribution in [0, 0.1) is 0 Å². The van der Waals surface area contributed by atoms with Crippen LogP contribution in [0.4, 0.5) is 0 Å². The Labute approximate surface area is 209 Å². The van der Waals surface area contributed by atoms with Crippen molar-refractivity contribution in [1.82, 2.24) is 0 Å². The zero-order chi connectivity index (χ0) is 24.6. The second kappa shape index (κ2) is 11.7. The summed E-state index contributed by atoms with van der Waals surface area (Å²) < 4.78 is 6.56. The maximum Gasteiger partial charge on any atom is 0.195 e. The van der Waals surface area contributed by atoms with Crippen LogP contribution in [0.2, 0.25) is 0 Å². The molecule has 0 saturated carbocycles. The minimum absolute atomic E-state index is 0.106. The lowest BCUT2D eigenvalue weighted by molar-refractivity contribution is 0.104. The van der Waals surface area contributed by atoms with E-state index in [0.29, 0.717) is 23.5 Å². The number of ketones is 1. The highest BCUT2D eigenvalue weighted by atomic mass is 32.1. The fourth-order valence-electron chi connectivity index (χ4n) is 3.88. The first-order valence-electron chi connectivity index (χ1n) is 11.9. The molecule has 6 heteroatoms. The van der Waals surface area contributed by atoms with E-state index < -0.39 is 0 Å². The predicted molar refractivity (Wildman–Crippen MR) is 143 cm³/mol. The normalized spacial score (nSPS) is 11.3. The molecule has 0 aliphatic heterocycles. The average molecular weight is 488 g/mol. The Morgan fingerprint density at radius 3 is 2.43 bits per heavy atom. The first-order valence-corrected chi connectivity index (χ1v) is 12.7. The second-order valence-electron chi connectivity index (χ2n) is 8.35. The summed E-state index contributed by atoms with van der Waals surface area (Å²) in [6.45, 7) is 3.41. The van der Waals surface area contributed by atoms with Gasteiger partial charge < -0.3 is 14.9 Å². The fraction of sp³-hybridized carbons (Fsp3) is 0.241. The Morgan fingerprint density at radius 1 is 0.943 bits per heavy atom. The van der Waals surface area contributed by atoms with Gasteiger partial charge in [-0.15, -0.1) is 11.3 Å². The highest BCUT2D eigenvalue weighted by molar-refractivity contribution is 7.22. The van der Waals surface area contributed by atoms with Crippen LogP contribution in [0.3, 0.4) is 0 Å². The molecule has 0 radical (unpaired) electrons. The van der Waals surface area contributed by atoms with E-state index in [4.69, 9.17) is 4.74 Å². The smallest absolute Gasteiger partial charge is 0.195 e. The van der Waals surface area contributed by atoms with Crippen molar-refractivity contribution in [1.29, 1.82) is 0 Å². The number of hydrogen-bond acceptors (Lipinski definition) is 6. The van der Waals surface area contributed by atoms with E-state index in [9.17, 15) is 15.0 Å². The molecular formula is C29H29NO4S. The van der Waals surface area contributed by atoms with Crippen LogP contribution in [-0.2, 0) is 0 Å². The van der Waals surface area contributed by atoms with Crippen molar-refractivity contribution in [2.24, 2.45) is 4.99 Å². The molecule has 4 aromatic rings. The Morgan fingerprint density at radius 2 is 1.69 bits per heavy atom. The highest BCUT2D eigenvalue weighted by Gasteiger charge is 2.22. The van der Waals surface area contributed by atoms with E-state index in [2.05, 4.69) is 11.9 Å². The van der Waals surface area contributed by atoms with Crippen molar-refractivity contribution < 1.29 is 19.7 Å². The van der Waals surface area contributed by atoms with Crippen molar-refractivity contribution in [3.63, 3.8) is 0 Å². The number of carbonyl (C=O) groups is 1. The van der Waals surface area contributed by atoms with Crippen molar-refractivity contribution >= 4 is 33.4 Å². The lowest BCUT2D eigenvalue weighted by Gasteiger charge is -2.07. The van der Waals surface area contributed by atoms with Gasteiger partial charge in [0.15, 0.2) is 5.78 Å². The molecule has 0 fully saturated rings. The molecule has 180 valence electrons. The number of unbranched alkanes of at least 4 members (excludes halogenated alkanes) is 3.